The van der Waals surface area contributed by atoms with E-state index in [2.05, 4.69) is 0 Å². The monoisotopic (exact) mass is 268 g/mol. The van der Waals surface area contributed by atoms with Gasteiger partial charge in [0.25, 0.3) is 0 Å². The minimum atomic E-state index is -3.09. The maximum absolute atomic E-state index is 11.4. The van der Waals surface area contributed by atoms with Gasteiger partial charge in [-0.3, -0.25) is 0 Å². The minimum absolute atomic E-state index is 0.0546. The van der Waals surface area contributed by atoms with Gasteiger partial charge in [-0.05, 0) is 0 Å². The Morgan fingerprint density at radius 1 is 0.625 bits per heavy atom. The Labute approximate surface area is 93.8 Å². The second kappa shape index (κ2) is 3.18. The van der Waals surface area contributed by atoms with Crippen molar-refractivity contribution in [1.82, 2.24) is 0 Å². The summed E-state index contributed by atoms with van der Waals surface area (Å²) < 4.78 is 56.5. The van der Waals surface area contributed by atoms with Crippen molar-refractivity contribution in [3.8, 4) is 0 Å². The van der Waals surface area contributed by atoms with Crippen LogP contribution in [0.5, 0.6) is 0 Å². The molecule has 0 unspecified atom stereocenters. The Kier molecular flexibility index (Phi) is 2.18. The standard InChI is InChI=1S/C8H12O6S2/c9-15(10)1-5-6(2-15)14-8-4-16(11,12)3-7(8)13-5/h5-8H,1-4H2/t5-,6-,7-,8-/m0/s1. The summed E-state index contributed by atoms with van der Waals surface area (Å²) in [7, 11) is -6.18. The fourth-order valence-electron chi connectivity index (χ4n) is 2.52. The SMILES string of the molecule is O=S1(=O)C[C@@H]2O[C@H]3CS(=O)(=O)C[C@@H]3O[C@H]2C1. The molecule has 0 aromatic rings. The van der Waals surface area contributed by atoms with Gasteiger partial charge in [0.05, 0.1) is 47.4 Å². The van der Waals surface area contributed by atoms with Crippen molar-refractivity contribution in [3.05, 3.63) is 0 Å². The van der Waals surface area contributed by atoms with Crippen molar-refractivity contribution in [3.63, 3.8) is 0 Å². The van der Waals surface area contributed by atoms with Gasteiger partial charge in [-0.25, -0.2) is 16.8 Å². The fraction of sp³-hybridized carbons (Fsp3) is 1.00. The van der Waals surface area contributed by atoms with Crippen molar-refractivity contribution in [2.75, 3.05) is 23.0 Å². The van der Waals surface area contributed by atoms with E-state index < -0.39 is 44.1 Å². The predicted molar refractivity (Wildman–Crippen MR) is 54.6 cm³/mol. The third-order valence-electron chi connectivity index (χ3n) is 3.20. The van der Waals surface area contributed by atoms with Crippen molar-refractivity contribution in [2.45, 2.75) is 24.4 Å². The lowest BCUT2D eigenvalue weighted by Crippen LogP contribution is -2.47. The molecule has 3 aliphatic rings. The Morgan fingerprint density at radius 2 is 0.875 bits per heavy atom. The second-order valence-electron chi connectivity index (χ2n) is 4.58. The quantitative estimate of drug-likeness (QED) is 0.524. The molecule has 0 aliphatic carbocycles. The van der Waals surface area contributed by atoms with E-state index in [1.54, 1.807) is 0 Å². The average Bonchev–Trinajstić information content (AvgIpc) is 2.51. The molecule has 16 heavy (non-hydrogen) atoms. The molecule has 3 heterocycles. The molecule has 0 bridgehead atoms. The van der Waals surface area contributed by atoms with Gasteiger partial charge in [-0.2, -0.15) is 0 Å². The molecule has 0 radical (unpaired) electrons. The molecule has 3 fully saturated rings. The highest BCUT2D eigenvalue weighted by Crippen LogP contribution is 2.32. The Hall–Kier alpha value is -0.180. The number of ether oxygens (including phenoxy) is 2. The third-order valence-corrected chi connectivity index (χ3v) is 6.55. The molecular weight excluding hydrogens is 256 g/mol. The predicted octanol–water partition coefficient (Wildman–Crippen LogP) is -1.64. The van der Waals surface area contributed by atoms with Crippen LogP contribution < -0.4 is 0 Å². The van der Waals surface area contributed by atoms with E-state index in [1.165, 1.54) is 0 Å². The normalized spacial score (nSPS) is 48.5. The van der Waals surface area contributed by atoms with Crippen LogP contribution in [0.15, 0.2) is 0 Å². The highest BCUT2D eigenvalue weighted by molar-refractivity contribution is 7.92. The van der Waals surface area contributed by atoms with Gasteiger partial charge in [0.15, 0.2) is 19.7 Å². The highest BCUT2D eigenvalue weighted by atomic mass is 32.2. The molecule has 0 aromatic carbocycles. The van der Waals surface area contributed by atoms with Crippen molar-refractivity contribution >= 4 is 19.7 Å². The Bertz CT molecular complexity index is 427. The lowest BCUT2D eigenvalue weighted by atomic mass is 10.1. The van der Waals surface area contributed by atoms with E-state index in [0.717, 1.165) is 0 Å². The second-order valence-corrected chi connectivity index (χ2v) is 8.89. The van der Waals surface area contributed by atoms with Crippen LogP contribution in [0.2, 0.25) is 0 Å². The molecule has 6 nitrogen and oxygen atoms in total. The average molecular weight is 268 g/mol. The van der Waals surface area contributed by atoms with Crippen LogP contribution in [0.3, 0.4) is 0 Å². The van der Waals surface area contributed by atoms with Crippen LogP contribution in [-0.4, -0.2) is 64.3 Å². The summed E-state index contributed by atoms with van der Waals surface area (Å²) in [6.45, 7) is 0. The summed E-state index contributed by atoms with van der Waals surface area (Å²) in [5.74, 6) is -0.219. The molecule has 3 rings (SSSR count). The number of hydrogen-bond acceptors (Lipinski definition) is 6. The molecule has 0 N–H and O–H groups in total. The lowest BCUT2D eigenvalue weighted by Gasteiger charge is -2.33. The Morgan fingerprint density at radius 3 is 1.12 bits per heavy atom. The first-order valence-corrected chi connectivity index (χ1v) is 8.71. The van der Waals surface area contributed by atoms with E-state index in [0.29, 0.717) is 0 Å². The van der Waals surface area contributed by atoms with E-state index in [-0.39, 0.29) is 23.0 Å². The van der Waals surface area contributed by atoms with Gasteiger partial charge in [0, 0.05) is 0 Å². The summed E-state index contributed by atoms with van der Waals surface area (Å²) >= 11 is 0. The van der Waals surface area contributed by atoms with Gasteiger partial charge >= 0.3 is 0 Å². The van der Waals surface area contributed by atoms with Gasteiger partial charge in [-0.1, -0.05) is 0 Å². The number of rotatable bonds is 0. The molecule has 0 spiro atoms. The maximum Gasteiger partial charge on any atom is 0.155 e. The van der Waals surface area contributed by atoms with Crippen molar-refractivity contribution in [1.29, 1.82) is 0 Å². The zero-order valence-corrected chi connectivity index (χ0v) is 10.0. The van der Waals surface area contributed by atoms with Crippen molar-refractivity contribution in [2.24, 2.45) is 0 Å². The number of fused-ring (bicyclic) bond motifs is 2. The van der Waals surface area contributed by atoms with Crippen LogP contribution >= 0.6 is 0 Å². The zero-order chi connectivity index (χ0) is 11.6. The molecular formula is C8H12O6S2. The zero-order valence-electron chi connectivity index (χ0n) is 8.40. The first-order chi connectivity index (χ1) is 7.35. The van der Waals surface area contributed by atoms with Gasteiger partial charge in [0.2, 0.25) is 0 Å². The highest BCUT2D eigenvalue weighted by Gasteiger charge is 2.51. The third kappa shape index (κ3) is 1.77. The number of hydrogen-bond donors (Lipinski definition) is 0. The molecule has 3 saturated heterocycles. The first-order valence-electron chi connectivity index (χ1n) is 5.06. The molecule has 0 saturated carbocycles. The fourth-order valence-corrected chi connectivity index (χ4v) is 5.97. The molecule has 3 aliphatic heterocycles. The molecule has 4 atom stereocenters. The van der Waals surface area contributed by atoms with E-state index in [1.807, 2.05) is 0 Å². The van der Waals surface area contributed by atoms with Crippen LogP contribution in [0, 0.1) is 0 Å². The summed E-state index contributed by atoms with van der Waals surface area (Å²) in [5, 5.41) is 0. The Balaban J connectivity index is 1.83. The lowest BCUT2D eigenvalue weighted by molar-refractivity contribution is -0.184. The van der Waals surface area contributed by atoms with Gasteiger partial charge < -0.3 is 9.47 Å². The number of sulfone groups is 2. The topological polar surface area (TPSA) is 86.7 Å². The summed E-state index contributed by atoms with van der Waals surface area (Å²) in [6.07, 6.45) is -1.95. The smallest absolute Gasteiger partial charge is 0.155 e. The molecule has 92 valence electrons. The van der Waals surface area contributed by atoms with E-state index in [9.17, 15) is 16.8 Å². The first kappa shape index (κ1) is 10.9. The van der Waals surface area contributed by atoms with Crippen LogP contribution in [0.25, 0.3) is 0 Å². The molecule has 0 amide bonds. The summed E-state index contributed by atoms with van der Waals surface area (Å²) in [6, 6.07) is 0. The largest absolute Gasteiger partial charge is 0.367 e. The molecule has 0 aromatic heterocycles. The molecule has 8 heteroatoms. The minimum Gasteiger partial charge on any atom is -0.367 e. The van der Waals surface area contributed by atoms with Crippen molar-refractivity contribution < 1.29 is 26.3 Å². The van der Waals surface area contributed by atoms with Gasteiger partial charge in [-0.15, -0.1) is 0 Å². The summed E-state index contributed by atoms with van der Waals surface area (Å²) in [5.41, 5.74) is 0. The van der Waals surface area contributed by atoms with Crippen LogP contribution in [0.1, 0.15) is 0 Å². The van der Waals surface area contributed by atoms with Crippen LogP contribution in [-0.2, 0) is 29.1 Å². The maximum atomic E-state index is 11.4. The summed E-state index contributed by atoms with van der Waals surface area (Å²) in [4.78, 5) is 0. The van der Waals surface area contributed by atoms with Crippen LogP contribution in [0.4, 0.5) is 0 Å². The van der Waals surface area contributed by atoms with Gasteiger partial charge in [0.1, 0.15) is 0 Å². The van der Waals surface area contributed by atoms with E-state index in [4.69, 9.17) is 9.47 Å². The van der Waals surface area contributed by atoms with E-state index >= 15 is 0 Å².